The largest absolute Gasteiger partial charge is 0.496 e. The Morgan fingerprint density at radius 2 is 2.11 bits per heavy atom. The van der Waals surface area contributed by atoms with Crippen LogP contribution in [0.25, 0.3) is 0 Å². The van der Waals surface area contributed by atoms with Crippen molar-refractivity contribution >= 4 is 35.1 Å². The standard InChI is InChI=1S/C12H14Cl2N2O3/c1-7(13)11(17)16-12(18)15-6-8-9(14)4-3-5-10(8)19-2/h3-5,7H,6H2,1-2H3,(H2,15,16,17,18). The summed E-state index contributed by atoms with van der Waals surface area (Å²) in [6, 6.07) is 4.51. The molecule has 1 unspecified atom stereocenters. The van der Waals surface area contributed by atoms with Gasteiger partial charge in [0.05, 0.1) is 7.11 Å². The van der Waals surface area contributed by atoms with Crippen LogP contribution in [-0.4, -0.2) is 24.4 Å². The van der Waals surface area contributed by atoms with Crippen LogP contribution < -0.4 is 15.4 Å². The van der Waals surface area contributed by atoms with Crippen LogP contribution in [0.1, 0.15) is 12.5 Å². The molecule has 0 heterocycles. The third-order valence-corrected chi connectivity index (χ3v) is 2.87. The molecule has 1 aromatic rings. The average molecular weight is 305 g/mol. The maximum Gasteiger partial charge on any atom is 0.321 e. The summed E-state index contributed by atoms with van der Waals surface area (Å²) >= 11 is 11.5. The molecule has 0 bridgehead atoms. The topological polar surface area (TPSA) is 67.4 Å². The van der Waals surface area contributed by atoms with Gasteiger partial charge in [0.25, 0.3) is 0 Å². The Morgan fingerprint density at radius 1 is 1.42 bits per heavy atom. The molecule has 104 valence electrons. The second-order valence-corrected chi connectivity index (χ2v) is 4.77. The smallest absolute Gasteiger partial charge is 0.321 e. The van der Waals surface area contributed by atoms with Gasteiger partial charge < -0.3 is 10.1 Å². The maximum atomic E-state index is 11.5. The number of halogens is 2. The van der Waals surface area contributed by atoms with Gasteiger partial charge >= 0.3 is 6.03 Å². The first-order valence-electron chi connectivity index (χ1n) is 5.49. The number of carbonyl (C=O) groups is 2. The summed E-state index contributed by atoms with van der Waals surface area (Å²) in [6.45, 7) is 1.61. The quantitative estimate of drug-likeness (QED) is 0.839. The van der Waals surface area contributed by atoms with Crippen molar-refractivity contribution in [2.75, 3.05) is 7.11 Å². The highest BCUT2D eigenvalue weighted by Crippen LogP contribution is 2.25. The normalized spacial score (nSPS) is 11.6. The van der Waals surface area contributed by atoms with Gasteiger partial charge in [-0.3, -0.25) is 10.1 Å². The van der Waals surface area contributed by atoms with Gasteiger partial charge in [0.15, 0.2) is 0 Å². The minimum absolute atomic E-state index is 0.138. The van der Waals surface area contributed by atoms with Crippen molar-refractivity contribution in [3.05, 3.63) is 28.8 Å². The highest BCUT2D eigenvalue weighted by molar-refractivity contribution is 6.32. The summed E-state index contributed by atoms with van der Waals surface area (Å²) in [4.78, 5) is 22.7. The number of methoxy groups -OCH3 is 1. The molecule has 1 rings (SSSR count). The predicted octanol–water partition coefficient (Wildman–Crippen LogP) is 2.30. The van der Waals surface area contributed by atoms with Crippen molar-refractivity contribution in [3.8, 4) is 5.75 Å². The fraction of sp³-hybridized carbons (Fsp3) is 0.333. The number of nitrogens with one attached hydrogen (secondary N) is 2. The molecule has 0 fully saturated rings. The van der Waals surface area contributed by atoms with Crippen LogP contribution in [0.3, 0.4) is 0 Å². The van der Waals surface area contributed by atoms with Crippen LogP contribution in [0.15, 0.2) is 18.2 Å². The van der Waals surface area contributed by atoms with Crippen molar-refractivity contribution in [2.45, 2.75) is 18.8 Å². The van der Waals surface area contributed by atoms with E-state index in [-0.39, 0.29) is 6.54 Å². The van der Waals surface area contributed by atoms with E-state index in [1.165, 1.54) is 14.0 Å². The fourth-order valence-corrected chi connectivity index (χ4v) is 1.61. The van der Waals surface area contributed by atoms with E-state index >= 15 is 0 Å². The Labute approximate surface area is 121 Å². The molecule has 0 spiro atoms. The molecular weight excluding hydrogens is 291 g/mol. The van der Waals surface area contributed by atoms with Gasteiger partial charge in [0.1, 0.15) is 11.1 Å². The van der Waals surface area contributed by atoms with E-state index in [1.807, 2.05) is 0 Å². The zero-order valence-electron chi connectivity index (χ0n) is 10.5. The van der Waals surface area contributed by atoms with E-state index in [2.05, 4.69) is 10.6 Å². The highest BCUT2D eigenvalue weighted by atomic mass is 35.5. The lowest BCUT2D eigenvalue weighted by atomic mass is 10.2. The van der Waals surface area contributed by atoms with Crippen LogP contribution in [0.5, 0.6) is 5.75 Å². The van der Waals surface area contributed by atoms with Gasteiger partial charge in [-0.2, -0.15) is 0 Å². The lowest BCUT2D eigenvalue weighted by molar-refractivity contribution is -0.119. The number of urea groups is 1. The molecule has 0 aromatic heterocycles. The summed E-state index contributed by atoms with van der Waals surface area (Å²) in [5.74, 6) is -0.00451. The van der Waals surface area contributed by atoms with Gasteiger partial charge in [-0.05, 0) is 19.1 Å². The minimum atomic E-state index is -0.777. The van der Waals surface area contributed by atoms with E-state index in [0.29, 0.717) is 16.3 Å². The third-order valence-electron chi connectivity index (χ3n) is 2.32. The van der Waals surface area contributed by atoms with Gasteiger partial charge in [-0.25, -0.2) is 4.79 Å². The first kappa shape index (κ1) is 15.6. The van der Waals surface area contributed by atoms with Crippen molar-refractivity contribution in [1.82, 2.24) is 10.6 Å². The van der Waals surface area contributed by atoms with Crippen molar-refractivity contribution in [1.29, 1.82) is 0 Å². The number of hydrogen-bond donors (Lipinski definition) is 2. The van der Waals surface area contributed by atoms with Gasteiger partial charge in [-0.15, -0.1) is 11.6 Å². The number of hydrogen-bond acceptors (Lipinski definition) is 3. The Bertz CT molecular complexity index is 478. The molecule has 0 aliphatic carbocycles. The van der Waals surface area contributed by atoms with E-state index in [4.69, 9.17) is 27.9 Å². The number of imide groups is 1. The molecule has 1 atom stereocenters. The predicted molar refractivity (Wildman–Crippen MR) is 73.7 cm³/mol. The molecule has 2 N–H and O–H groups in total. The average Bonchev–Trinajstić information content (AvgIpc) is 2.36. The molecule has 1 aromatic carbocycles. The molecule has 5 nitrogen and oxygen atoms in total. The Kier molecular flexibility index (Phi) is 5.92. The van der Waals surface area contributed by atoms with Crippen LogP contribution in [0.2, 0.25) is 5.02 Å². The number of ether oxygens (including phenoxy) is 1. The van der Waals surface area contributed by atoms with E-state index in [9.17, 15) is 9.59 Å². The Balaban J connectivity index is 2.62. The fourth-order valence-electron chi connectivity index (χ4n) is 1.33. The Morgan fingerprint density at radius 3 is 2.68 bits per heavy atom. The Hall–Kier alpha value is -1.46. The first-order chi connectivity index (χ1) is 8.95. The van der Waals surface area contributed by atoms with Crippen LogP contribution >= 0.6 is 23.2 Å². The summed E-state index contributed by atoms with van der Waals surface area (Å²) in [7, 11) is 1.51. The number of amides is 3. The number of rotatable bonds is 4. The van der Waals surface area contributed by atoms with Gasteiger partial charge in [0.2, 0.25) is 5.91 Å². The summed E-state index contributed by atoms with van der Waals surface area (Å²) in [5.41, 5.74) is 0.633. The second kappa shape index (κ2) is 7.21. The van der Waals surface area contributed by atoms with E-state index in [1.54, 1.807) is 18.2 Å². The molecule has 0 aliphatic heterocycles. The lowest BCUT2D eigenvalue weighted by Gasteiger charge is -2.12. The van der Waals surface area contributed by atoms with Gasteiger partial charge in [0, 0.05) is 17.1 Å². The molecule has 0 saturated heterocycles. The van der Waals surface area contributed by atoms with E-state index in [0.717, 1.165) is 0 Å². The maximum absolute atomic E-state index is 11.5. The van der Waals surface area contributed by atoms with Crippen LogP contribution in [0.4, 0.5) is 4.79 Å². The highest BCUT2D eigenvalue weighted by Gasteiger charge is 2.14. The number of alkyl halides is 1. The molecule has 7 heteroatoms. The summed E-state index contributed by atoms with van der Waals surface area (Å²) < 4.78 is 5.13. The van der Waals surface area contributed by atoms with Crippen molar-refractivity contribution < 1.29 is 14.3 Å². The van der Waals surface area contributed by atoms with Crippen molar-refractivity contribution in [3.63, 3.8) is 0 Å². The lowest BCUT2D eigenvalue weighted by Crippen LogP contribution is -2.41. The second-order valence-electron chi connectivity index (χ2n) is 3.71. The van der Waals surface area contributed by atoms with Crippen molar-refractivity contribution in [2.24, 2.45) is 0 Å². The minimum Gasteiger partial charge on any atom is -0.496 e. The summed E-state index contributed by atoms with van der Waals surface area (Å²) in [5, 5.41) is 4.30. The van der Waals surface area contributed by atoms with Crippen LogP contribution in [0, 0.1) is 0 Å². The first-order valence-corrected chi connectivity index (χ1v) is 6.31. The molecule has 0 radical (unpaired) electrons. The third kappa shape index (κ3) is 4.61. The number of carbonyl (C=O) groups excluding carboxylic acids is 2. The molecule has 0 aliphatic rings. The number of benzene rings is 1. The summed E-state index contributed by atoms with van der Waals surface area (Å²) in [6.07, 6.45) is 0. The van der Waals surface area contributed by atoms with Gasteiger partial charge in [-0.1, -0.05) is 17.7 Å². The SMILES string of the molecule is COc1cccc(Cl)c1CNC(=O)NC(=O)C(C)Cl. The molecule has 19 heavy (non-hydrogen) atoms. The molecule has 0 saturated carbocycles. The zero-order chi connectivity index (χ0) is 14.4. The van der Waals surface area contributed by atoms with Crippen LogP contribution in [-0.2, 0) is 11.3 Å². The van der Waals surface area contributed by atoms with E-state index < -0.39 is 17.3 Å². The molecular formula is C12H14Cl2N2O3. The molecule has 3 amide bonds. The monoisotopic (exact) mass is 304 g/mol. The zero-order valence-corrected chi connectivity index (χ0v) is 12.0.